The zero-order valence-corrected chi connectivity index (χ0v) is 26.7. The average Bonchev–Trinajstić information content (AvgIpc) is 3.30. The topological polar surface area (TPSA) is 99.4 Å². The fourth-order valence-electron chi connectivity index (χ4n) is 10.8. The highest BCUT2D eigenvalue weighted by molar-refractivity contribution is 5.25. The van der Waals surface area contributed by atoms with Gasteiger partial charge in [-0.15, -0.1) is 0 Å². The standard InChI is InChI=1S/C35H60O6/c1-7-22(20(2)3)9-8-21(4)26-12-13-27-25-11-10-23-18-24(14-16-34(23,5)28(25)15-17-35(26,27)6)40-33-32(39)31(38)30(37)29(19-36)41-33/h10,20-22,24-33,36-39H,7-9,11-19H2,1-6H3/t21-,22-,24+,25-,26-,27+,28+,29-,30-,31+,32-,33-,34-,35-/m1/s1. The number of ether oxygens (including phenoxy) is 2. The van der Waals surface area contributed by atoms with Crippen LogP contribution < -0.4 is 0 Å². The van der Waals surface area contributed by atoms with Crippen LogP contribution in [0.5, 0.6) is 0 Å². The molecule has 3 saturated carbocycles. The van der Waals surface area contributed by atoms with Crippen molar-refractivity contribution in [2.75, 3.05) is 6.61 Å². The SMILES string of the molecule is CC[C@H](CC[C@@H](C)[C@H]1CC[C@H]2[C@H]3CC=C4C[C@@H](O[C@@H]5O[C@H](CO)[C@@H](O)[C@H](O)[C@H]5O)CC[C@@]4(C)[C@H]3CC[C@]12C)C(C)C. The van der Waals surface area contributed by atoms with Gasteiger partial charge in [0.15, 0.2) is 6.29 Å². The van der Waals surface area contributed by atoms with Crippen LogP contribution in [0.3, 0.4) is 0 Å². The highest BCUT2D eigenvalue weighted by Gasteiger charge is 2.59. The van der Waals surface area contributed by atoms with Crippen LogP contribution in [-0.4, -0.2) is 63.8 Å². The summed E-state index contributed by atoms with van der Waals surface area (Å²) in [6.07, 6.45) is 9.92. The van der Waals surface area contributed by atoms with E-state index in [1.165, 1.54) is 56.9 Å². The number of fused-ring (bicyclic) bond motifs is 5. The molecule has 5 rings (SSSR count). The molecule has 41 heavy (non-hydrogen) atoms. The summed E-state index contributed by atoms with van der Waals surface area (Å²) >= 11 is 0. The predicted molar refractivity (Wildman–Crippen MR) is 161 cm³/mol. The summed E-state index contributed by atoms with van der Waals surface area (Å²) in [4.78, 5) is 0. The third kappa shape index (κ3) is 5.73. The van der Waals surface area contributed by atoms with Crippen molar-refractivity contribution in [3.63, 3.8) is 0 Å². The molecule has 1 saturated heterocycles. The number of hydrogen-bond donors (Lipinski definition) is 4. The average molecular weight is 577 g/mol. The van der Waals surface area contributed by atoms with Gasteiger partial charge in [-0.05, 0) is 110 Å². The molecule has 0 spiro atoms. The Morgan fingerprint density at radius 1 is 0.951 bits per heavy atom. The smallest absolute Gasteiger partial charge is 0.186 e. The lowest BCUT2D eigenvalue weighted by Gasteiger charge is -2.58. The van der Waals surface area contributed by atoms with Crippen LogP contribution in [0.1, 0.15) is 112 Å². The fourth-order valence-corrected chi connectivity index (χ4v) is 10.8. The van der Waals surface area contributed by atoms with E-state index in [1.54, 1.807) is 0 Å². The van der Waals surface area contributed by atoms with Crippen molar-refractivity contribution in [2.24, 2.45) is 52.3 Å². The zero-order valence-electron chi connectivity index (χ0n) is 26.7. The van der Waals surface area contributed by atoms with E-state index in [0.717, 1.165) is 60.7 Å². The van der Waals surface area contributed by atoms with Gasteiger partial charge < -0.3 is 29.9 Å². The Morgan fingerprint density at radius 2 is 1.71 bits per heavy atom. The van der Waals surface area contributed by atoms with Gasteiger partial charge in [0.2, 0.25) is 0 Å². The molecule has 4 fully saturated rings. The van der Waals surface area contributed by atoms with Gasteiger partial charge in [-0.1, -0.05) is 66.0 Å². The van der Waals surface area contributed by atoms with Crippen molar-refractivity contribution in [1.82, 2.24) is 0 Å². The summed E-state index contributed by atoms with van der Waals surface area (Å²) in [6, 6.07) is 0. The fraction of sp³-hybridized carbons (Fsp3) is 0.943. The van der Waals surface area contributed by atoms with E-state index in [-0.39, 0.29) is 11.5 Å². The van der Waals surface area contributed by atoms with Crippen molar-refractivity contribution in [3.8, 4) is 0 Å². The molecule has 4 N–H and O–H groups in total. The maximum Gasteiger partial charge on any atom is 0.186 e. The van der Waals surface area contributed by atoms with Gasteiger partial charge in [-0.2, -0.15) is 0 Å². The maximum absolute atomic E-state index is 10.5. The lowest BCUT2D eigenvalue weighted by molar-refractivity contribution is -0.313. The summed E-state index contributed by atoms with van der Waals surface area (Å²) in [7, 11) is 0. The van der Waals surface area contributed by atoms with Crippen LogP contribution in [0.25, 0.3) is 0 Å². The Kier molecular flexibility index (Phi) is 9.71. The molecule has 0 bridgehead atoms. The second-order valence-corrected chi connectivity index (χ2v) is 15.7. The molecule has 4 aliphatic carbocycles. The van der Waals surface area contributed by atoms with Crippen molar-refractivity contribution >= 4 is 0 Å². The van der Waals surface area contributed by atoms with E-state index < -0.39 is 37.3 Å². The first-order chi connectivity index (χ1) is 19.4. The highest BCUT2D eigenvalue weighted by Crippen LogP contribution is 2.67. The van der Waals surface area contributed by atoms with Crippen LogP contribution in [0.4, 0.5) is 0 Å². The lowest BCUT2D eigenvalue weighted by Crippen LogP contribution is -2.60. The van der Waals surface area contributed by atoms with E-state index in [1.807, 2.05) is 0 Å². The minimum atomic E-state index is -1.40. The second kappa shape index (κ2) is 12.5. The Labute approximate surface area is 249 Å². The Bertz CT molecular complexity index is 918. The molecule has 0 amide bonds. The first kappa shape index (κ1) is 31.9. The molecule has 0 aromatic rings. The molecule has 6 heteroatoms. The minimum Gasteiger partial charge on any atom is -0.394 e. The van der Waals surface area contributed by atoms with Crippen molar-refractivity contribution in [3.05, 3.63) is 11.6 Å². The van der Waals surface area contributed by atoms with Crippen molar-refractivity contribution < 1.29 is 29.9 Å². The third-order valence-electron chi connectivity index (χ3n) is 13.5. The van der Waals surface area contributed by atoms with Crippen LogP contribution >= 0.6 is 0 Å². The Morgan fingerprint density at radius 3 is 2.39 bits per heavy atom. The van der Waals surface area contributed by atoms with Crippen LogP contribution in [-0.2, 0) is 9.47 Å². The van der Waals surface area contributed by atoms with Gasteiger partial charge in [-0.25, -0.2) is 0 Å². The predicted octanol–water partition coefficient (Wildman–Crippen LogP) is 5.85. The molecular weight excluding hydrogens is 516 g/mol. The van der Waals surface area contributed by atoms with Gasteiger partial charge in [-0.3, -0.25) is 0 Å². The molecule has 1 aliphatic heterocycles. The number of hydrogen-bond acceptors (Lipinski definition) is 6. The molecule has 0 radical (unpaired) electrons. The summed E-state index contributed by atoms with van der Waals surface area (Å²) in [5, 5.41) is 40.4. The molecule has 0 aromatic heterocycles. The van der Waals surface area contributed by atoms with Gasteiger partial charge in [0.1, 0.15) is 24.4 Å². The lowest BCUT2D eigenvalue weighted by atomic mass is 9.47. The van der Waals surface area contributed by atoms with Crippen LogP contribution in [0.15, 0.2) is 11.6 Å². The summed E-state index contributed by atoms with van der Waals surface area (Å²) < 4.78 is 11.9. The van der Waals surface area contributed by atoms with E-state index in [9.17, 15) is 20.4 Å². The van der Waals surface area contributed by atoms with E-state index >= 15 is 0 Å². The number of rotatable bonds is 9. The molecule has 5 aliphatic rings. The Balaban J connectivity index is 1.24. The van der Waals surface area contributed by atoms with E-state index in [0.29, 0.717) is 5.41 Å². The number of allylic oxidation sites excluding steroid dienone is 1. The molecular formula is C35H60O6. The van der Waals surface area contributed by atoms with Crippen molar-refractivity contribution in [1.29, 1.82) is 0 Å². The Hall–Kier alpha value is -0.500. The normalized spacial score (nSPS) is 47.7. The quantitative estimate of drug-likeness (QED) is 0.257. The van der Waals surface area contributed by atoms with Crippen molar-refractivity contribution in [2.45, 2.75) is 149 Å². The van der Waals surface area contributed by atoms with Crippen LogP contribution in [0, 0.1) is 52.3 Å². The van der Waals surface area contributed by atoms with Gasteiger partial charge in [0, 0.05) is 0 Å². The molecule has 14 atom stereocenters. The molecule has 0 unspecified atom stereocenters. The first-order valence-corrected chi connectivity index (χ1v) is 17.1. The summed E-state index contributed by atoms with van der Waals surface area (Å²) in [5.74, 6) is 5.66. The second-order valence-electron chi connectivity index (χ2n) is 15.7. The molecule has 6 nitrogen and oxygen atoms in total. The van der Waals surface area contributed by atoms with Crippen LogP contribution in [0.2, 0.25) is 0 Å². The summed E-state index contributed by atoms with van der Waals surface area (Å²) in [6.45, 7) is 14.5. The molecule has 0 aromatic carbocycles. The zero-order chi connectivity index (χ0) is 29.7. The number of aliphatic hydroxyl groups is 4. The van der Waals surface area contributed by atoms with Gasteiger partial charge in [0.25, 0.3) is 0 Å². The molecule has 1 heterocycles. The summed E-state index contributed by atoms with van der Waals surface area (Å²) in [5.41, 5.74) is 2.19. The highest BCUT2D eigenvalue weighted by atomic mass is 16.7. The first-order valence-electron chi connectivity index (χ1n) is 17.1. The van der Waals surface area contributed by atoms with Gasteiger partial charge >= 0.3 is 0 Å². The van der Waals surface area contributed by atoms with E-state index in [2.05, 4.69) is 47.6 Å². The third-order valence-corrected chi connectivity index (χ3v) is 13.5. The number of aliphatic hydroxyl groups excluding tert-OH is 4. The largest absolute Gasteiger partial charge is 0.394 e. The molecule has 236 valence electrons. The minimum absolute atomic E-state index is 0.101. The monoisotopic (exact) mass is 576 g/mol. The van der Waals surface area contributed by atoms with E-state index in [4.69, 9.17) is 9.47 Å². The van der Waals surface area contributed by atoms with Gasteiger partial charge in [0.05, 0.1) is 12.7 Å². The maximum atomic E-state index is 10.5.